The van der Waals surface area contributed by atoms with Crippen LogP contribution in [0.2, 0.25) is 0 Å². The predicted molar refractivity (Wildman–Crippen MR) is 93.3 cm³/mol. The molecule has 4 heterocycles. The average molecular weight is 361 g/mol. The molecule has 0 saturated carbocycles. The topological polar surface area (TPSA) is 109 Å². The van der Waals surface area contributed by atoms with Gasteiger partial charge in [-0.05, 0) is 18.6 Å². The summed E-state index contributed by atoms with van der Waals surface area (Å²) in [5.41, 5.74) is 2.55. The molecule has 0 atom stereocenters. The second-order valence-electron chi connectivity index (χ2n) is 6.12. The third kappa shape index (κ3) is 3.22. The molecular formula is C15H19N7O2S. The molecule has 2 N–H and O–H groups in total. The van der Waals surface area contributed by atoms with E-state index in [4.69, 9.17) is 0 Å². The second-order valence-corrected chi connectivity index (χ2v) is 8.10. The van der Waals surface area contributed by atoms with Crippen LogP contribution in [0.3, 0.4) is 0 Å². The molecule has 0 amide bonds. The van der Waals surface area contributed by atoms with Gasteiger partial charge in [-0.25, -0.2) is 18.4 Å². The van der Waals surface area contributed by atoms with Gasteiger partial charge in [-0.1, -0.05) is 0 Å². The summed E-state index contributed by atoms with van der Waals surface area (Å²) in [5, 5.41) is 8.79. The quantitative estimate of drug-likeness (QED) is 0.716. The number of nitrogens with one attached hydrogen (secondary N) is 2. The molecule has 0 saturated heterocycles. The molecule has 0 fully saturated rings. The Labute approximate surface area is 145 Å². The largest absolute Gasteiger partial charge is 0.364 e. The van der Waals surface area contributed by atoms with Crippen LogP contribution in [0.5, 0.6) is 0 Å². The van der Waals surface area contributed by atoms with Crippen LogP contribution in [0.25, 0.3) is 11.0 Å². The lowest BCUT2D eigenvalue weighted by Gasteiger charge is -2.16. The third-order valence-corrected chi connectivity index (χ3v) is 5.54. The number of anilines is 1. The average Bonchev–Trinajstić information content (AvgIpc) is 3.14. The van der Waals surface area contributed by atoms with E-state index in [0.29, 0.717) is 19.6 Å². The summed E-state index contributed by atoms with van der Waals surface area (Å²) in [7, 11) is -3.20. The van der Waals surface area contributed by atoms with Crippen molar-refractivity contribution < 1.29 is 8.42 Å². The molecule has 10 heteroatoms. The van der Waals surface area contributed by atoms with Crippen LogP contribution < -0.4 is 5.32 Å². The van der Waals surface area contributed by atoms with E-state index in [9.17, 15) is 8.42 Å². The monoisotopic (exact) mass is 361 g/mol. The Bertz CT molecular complexity index is 1010. The molecule has 1 aliphatic rings. The Kier molecular flexibility index (Phi) is 3.92. The van der Waals surface area contributed by atoms with E-state index in [-0.39, 0.29) is 0 Å². The molecule has 132 valence electrons. The van der Waals surface area contributed by atoms with Crippen LogP contribution in [-0.4, -0.2) is 50.3 Å². The summed E-state index contributed by atoms with van der Waals surface area (Å²) >= 11 is 0. The van der Waals surface area contributed by atoms with Crippen LogP contribution in [0.15, 0.2) is 24.7 Å². The molecule has 1 aliphatic heterocycles. The Balaban J connectivity index is 1.52. The van der Waals surface area contributed by atoms with Gasteiger partial charge in [0.25, 0.3) is 0 Å². The first-order chi connectivity index (χ1) is 12.0. The van der Waals surface area contributed by atoms with E-state index in [2.05, 4.69) is 25.4 Å². The van der Waals surface area contributed by atoms with E-state index < -0.39 is 10.0 Å². The lowest BCUT2D eigenvalue weighted by atomic mass is 10.3. The summed E-state index contributed by atoms with van der Waals surface area (Å²) in [5.74, 6) is 0.743. The van der Waals surface area contributed by atoms with E-state index in [1.807, 2.05) is 23.0 Å². The van der Waals surface area contributed by atoms with Gasteiger partial charge in [0.05, 0.1) is 36.1 Å². The third-order valence-electron chi connectivity index (χ3n) is 4.29. The molecule has 0 unspecified atom stereocenters. The highest BCUT2D eigenvalue weighted by Gasteiger charge is 2.22. The van der Waals surface area contributed by atoms with E-state index in [1.54, 1.807) is 0 Å². The highest BCUT2D eigenvalue weighted by molar-refractivity contribution is 7.88. The fourth-order valence-corrected chi connectivity index (χ4v) is 3.88. The molecule has 0 aromatic carbocycles. The van der Waals surface area contributed by atoms with Gasteiger partial charge in [-0.3, -0.25) is 4.68 Å². The van der Waals surface area contributed by atoms with Crippen molar-refractivity contribution in [1.29, 1.82) is 0 Å². The van der Waals surface area contributed by atoms with Crippen LogP contribution in [0.4, 0.5) is 5.82 Å². The number of aromatic nitrogens is 5. The normalized spacial score (nSPS) is 15.9. The maximum Gasteiger partial charge on any atom is 0.211 e. The fourth-order valence-electron chi connectivity index (χ4n) is 3.05. The number of hydrogen-bond acceptors (Lipinski definition) is 6. The molecule has 0 radical (unpaired) electrons. The molecule has 0 bridgehead atoms. The lowest BCUT2D eigenvalue weighted by molar-refractivity contribution is 0.414. The first-order valence-corrected chi connectivity index (χ1v) is 9.88. The smallest absolute Gasteiger partial charge is 0.211 e. The van der Waals surface area contributed by atoms with Crippen molar-refractivity contribution in [3.8, 4) is 0 Å². The fraction of sp³-hybridized carbons (Fsp3) is 0.400. The first-order valence-electron chi connectivity index (χ1n) is 8.03. The van der Waals surface area contributed by atoms with Crippen molar-refractivity contribution in [2.45, 2.75) is 26.1 Å². The van der Waals surface area contributed by atoms with Crippen molar-refractivity contribution >= 4 is 26.9 Å². The zero-order valence-electron chi connectivity index (χ0n) is 13.8. The maximum absolute atomic E-state index is 11.8. The van der Waals surface area contributed by atoms with Gasteiger partial charge in [-0.2, -0.15) is 9.40 Å². The Morgan fingerprint density at radius 3 is 3.04 bits per heavy atom. The molecule has 3 aromatic heterocycles. The number of nitrogens with zero attached hydrogens (tertiary/aromatic N) is 5. The summed E-state index contributed by atoms with van der Waals surface area (Å²) in [4.78, 5) is 11.5. The number of H-pyrrole nitrogens is 1. The van der Waals surface area contributed by atoms with Crippen LogP contribution in [0.1, 0.15) is 17.8 Å². The zero-order chi connectivity index (χ0) is 17.4. The van der Waals surface area contributed by atoms with Gasteiger partial charge in [0.1, 0.15) is 17.8 Å². The number of aryl methyl sites for hydroxylation is 1. The number of hydrogen-bond donors (Lipinski definition) is 2. The minimum atomic E-state index is -3.20. The lowest BCUT2D eigenvalue weighted by Crippen LogP contribution is -2.29. The Morgan fingerprint density at radius 1 is 1.32 bits per heavy atom. The van der Waals surface area contributed by atoms with E-state index >= 15 is 0 Å². The van der Waals surface area contributed by atoms with E-state index in [1.165, 1.54) is 16.9 Å². The SMILES string of the molecule is CS(=O)(=O)N1CCCn2nc(CNc3ncnc4[nH]ccc34)cc2C1. The molecule has 0 aliphatic carbocycles. The second kappa shape index (κ2) is 6.12. The van der Waals surface area contributed by atoms with Gasteiger partial charge in [0.15, 0.2) is 0 Å². The standard InChI is InChI=1S/C15H19N7O2S/c1-25(23,24)21-5-2-6-22-12(9-21)7-11(20-22)8-17-15-13-3-4-16-14(13)18-10-19-15/h3-4,7,10H,2,5-6,8-9H2,1H3,(H2,16,17,18,19). The van der Waals surface area contributed by atoms with Crippen molar-refractivity contribution in [1.82, 2.24) is 29.0 Å². The van der Waals surface area contributed by atoms with Crippen LogP contribution in [-0.2, 0) is 29.7 Å². The van der Waals surface area contributed by atoms with Crippen LogP contribution in [0, 0.1) is 0 Å². The van der Waals surface area contributed by atoms with Gasteiger partial charge in [0, 0.05) is 19.3 Å². The summed E-state index contributed by atoms with van der Waals surface area (Å²) < 4.78 is 27.1. The Morgan fingerprint density at radius 2 is 2.20 bits per heavy atom. The number of rotatable bonds is 4. The highest BCUT2D eigenvalue weighted by atomic mass is 32.2. The van der Waals surface area contributed by atoms with Crippen molar-refractivity contribution in [3.05, 3.63) is 36.0 Å². The summed E-state index contributed by atoms with van der Waals surface area (Å²) in [6.45, 7) is 2.12. The maximum atomic E-state index is 11.8. The minimum Gasteiger partial charge on any atom is -0.364 e. The summed E-state index contributed by atoms with van der Waals surface area (Å²) in [6.07, 6.45) is 5.33. The van der Waals surface area contributed by atoms with Gasteiger partial charge in [0.2, 0.25) is 10.0 Å². The number of fused-ring (bicyclic) bond motifs is 2. The highest BCUT2D eigenvalue weighted by Crippen LogP contribution is 2.19. The molecule has 3 aromatic rings. The number of sulfonamides is 1. The predicted octanol–water partition coefficient (Wildman–Crippen LogP) is 0.932. The molecule has 4 rings (SSSR count). The van der Waals surface area contributed by atoms with Gasteiger partial charge in [-0.15, -0.1) is 0 Å². The zero-order valence-corrected chi connectivity index (χ0v) is 14.6. The van der Waals surface area contributed by atoms with Gasteiger partial charge < -0.3 is 10.3 Å². The molecule has 9 nitrogen and oxygen atoms in total. The molecular weight excluding hydrogens is 342 g/mol. The minimum absolute atomic E-state index is 0.362. The van der Waals surface area contributed by atoms with Crippen molar-refractivity contribution in [2.75, 3.05) is 18.1 Å². The molecule has 0 spiro atoms. The van der Waals surface area contributed by atoms with Crippen molar-refractivity contribution in [2.24, 2.45) is 0 Å². The summed E-state index contributed by atoms with van der Waals surface area (Å²) in [6, 6.07) is 3.87. The first kappa shape index (κ1) is 16.0. The van der Waals surface area contributed by atoms with E-state index in [0.717, 1.165) is 41.2 Å². The van der Waals surface area contributed by atoms with Crippen molar-refractivity contribution in [3.63, 3.8) is 0 Å². The number of aromatic amines is 1. The Hall–Kier alpha value is -2.46. The van der Waals surface area contributed by atoms with Crippen LogP contribution >= 0.6 is 0 Å². The molecule has 25 heavy (non-hydrogen) atoms. The van der Waals surface area contributed by atoms with Gasteiger partial charge >= 0.3 is 0 Å².